The molecule has 2 rings (SSSR count). The first-order chi connectivity index (χ1) is 8.06. The minimum atomic E-state index is -1.05. The third-order valence-corrected chi connectivity index (χ3v) is 2.17. The quantitative estimate of drug-likeness (QED) is 0.879. The molecular formula is C11H9FN2O3. The van der Waals surface area contributed by atoms with E-state index in [1.165, 1.54) is 12.1 Å². The van der Waals surface area contributed by atoms with Gasteiger partial charge in [-0.05, 0) is 30.7 Å². The van der Waals surface area contributed by atoms with Crippen molar-refractivity contribution in [3.05, 3.63) is 35.5 Å². The van der Waals surface area contributed by atoms with Crippen molar-refractivity contribution in [3.8, 4) is 11.5 Å². The summed E-state index contributed by atoms with van der Waals surface area (Å²) >= 11 is 0. The van der Waals surface area contributed by atoms with Gasteiger partial charge in [0, 0.05) is 5.56 Å². The van der Waals surface area contributed by atoms with Crippen molar-refractivity contribution in [1.29, 1.82) is 0 Å². The van der Waals surface area contributed by atoms with E-state index in [2.05, 4.69) is 10.2 Å². The summed E-state index contributed by atoms with van der Waals surface area (Å²) in [5, 5.41) is 15.9. The number of hydrogen-bond acceptors (Lipinski definition) is 4. The summed E-state index contributed by atoms with van der Waals surface area (Å²) in [5.74, 6) is -1.16. The molecule has 0 aliphatic heterocycles. The van der Waals surface area contributed by atoms with E-state index < -0.39 is 5.97 Å². The Kier molecular flexibility index (Phi) is 2.86. The number of carboxylic acid groups (broad SMARTS) is 1. The Morgan fingerprint density at radius 3 is 2.88 bits per heavy atom. The molecule has 0 saturated carbocycles. The number of carboxylic acids is 1. The van der Waals surface area contributed by atoms with Crippen LogP contribution in [0.3, 0.4) is 0 Å². The highest BCUT2D eigenvalue weighted by molar-refractivity contribution is 5.68. The van der Waals surface area contributed by atoms with Gasteiger partial charge in [0.25, 0.3) is 0 Å². The van der Waals surface area contributed by atoms with Crippen LogP contribution in [0, 0.1) is 12.7 Å². The molecule has 88 valence electrons. The van der Waals surface area contributed by atoms with Crippen molar-refractivity contribution in [2.24, 2.45) is 0 Å². The first-order valence-electron chi connectivity index (χ1n) is 4.87. The topological polar surface area (TPSA) is 76.2 Å². The zero-order valence-corrected chi connectivity index (χ0v) is 8.98. The zero-order valence-electron chi connectivity index (χ0n) is 8.98. The van der Waals surface area contributed by atoms with Gasteiger partial charge in [0.2, 0.25) is 11.8 Å². The molecule has 17 heavy (non-hydrogen) atoms. The molecule has 0 aliphatic rings. The molecule has 0 radical (unpaired) electrons. The molecule has 6 heteroatoms. The summed E-state index contributed by atoms with van der Waals surface area (Å²) in [6.07, 6.45) is -0.326. The maximum absolute atomic E-state index is 13.0. The van der Waals surface area contributed by atoms with Crippen LogP contribution < -0.4 is 0 Å². The van der Waals surface area contributed by atoms with Gasteiger partial charge in [-0.25, -0.2) is 4.39 Å². The molecule has 1 heterocycles. The third-order valence-electron chi connectivity index (χ3n) is 2.17. The molecule has 1 N–H and O–H groups in total. The molecule has 0 saturated heterocycles. The molecule has 0 fully saturated rings. The van der Waals surface area contributed by atoms with Crippen LogP contribution in [0.1, 0.15) is 11.5 Å². The SMILES string of the molecule is Cc1cc(-c2nnc(CC(=O)O)o2)ccc1F. The summed E-state index contributed by atoms with van der Waals surface area (Å²) < 4.78 is 18.2. The van der Waals surface area contributed by atoms with E-state index >= 15 is 0 Å². The second-order valence-corrected chi connectivity index (χ2v) is 3.54. The Hall–Kier alpha value is -2.24. The normalized spacial score (nSPS) is 10.5. The van der Waals surface area contributed by atoms with Crippen LogP contribution in [-0.2, 0) is 11.2 Å². The van der Waals surface area contributed by atoms with Crippen LogP contribution in [0.2, 0.25) is 0 Å². The minimum Gasteiger partial charge on any atom is -0.481 e. The van der Waals surface area contributed by atoms with E-state index in [1.807, 2.05) is 0 Å². The van der Waals surface area contributed by atoms with Gasteiger partial charge in [0.1, 0.15) is 12.2 Å². The second kappa shape index (κ2) is 4.32. The van der Waals surface area contributed by atoms with Crippen LogP contribution >= 0.6 is 0 Å². The number of carbonyl (C=O) groups is 1. The number of rotatable bonds is 3. The Balaban J connectivity index is 2.30. The average molecular weight is 236 g/mol. The average Bonchev–Trinajstić information content (AvgIpc) is 2.69. The predicted molar refractivity (Wildman–Crippen MR) is 55.8 cm³/mol. The largest absolute Gasteiger partial charge is 0.481 e. The number of aliphatic carboxylic acids is 1. The fourth-order valence-corrected chi connectivity index (χ4v) is 1.35. The van der Waals surface area contributed by atoms with E-state index in [-0.39, 0.29) is 24.0 Å². The molecule has 0 spiro atoms. The fourth-order valence-electron chi connectivity index (χ4n) is 1.35. The lowest BCUT2D eigenvalue weighted by Gasteiger charge is -1.98. The van der Waals surface area contributed by atoms with Crippen LogP contribution in [0.25, 0.3) is 11.5 Å². The van der Waals surface area contributed by atoms with E-state index in [0.717, 1.165) is 0 Å². The smallest absolute Gasteiger partial charge is 0.312 e. The van der Waals surface area contributed by atoms with Crippen molar-refractivity contribution in [2.45, 2.75) is 13.3 Å². The molecule has 5 nitrogen and oxygen atoms in total. The zero-order chi connectivity index (χ0) is 12.4. The molecule has 1 aromatic heterocycles. The number of hydrogen-bond donors (Lipinski definition) is 1. The molecule has 0 aliphatic carbocycles. The third kappa shape index (κ3) is 2.47. The monoisotopic (exact) mass is 236 g/mol. The molecule has 2 aromatic rings. The summed E-state index contributed by atoms with van der Waals surface area (Å²) in [6.45, 7) is 1.62. The fraction of sp³-hybridized carbons (Fsp3) is 0.182. The molecule has 0 atom stereocenters. The maximum Gasteiger partial charge on any atom is 0.312 e. The first-order valence-corrected chi connectivity index (χ1v) is 4.87. The van der Waals surface area contributed by atoms with E-state index in [1.54, 1.807) is 13.0 Å². The van der Waals surface area contributed by atoms with Gasteiger partial charge in [0.05, 0.1) is 0 Å². The highest BCUT2D eigenvalue weighted by Gasteiger charge is 2.12. The van der Waals surface area contributed by atoms with Gasteiger partial charge in [-0.3, -0.25) is 4.79 Å². The van der Waals surface area contributed by atoms with Gasteiger partial charge < -0.3 is 9.52 Å². The predicted octanol–water partition coefficient (Wildman–Crippen LogP) is 1.81. The van der Waals surface area contributed by atoms with Gasteiger partial charge in [0.15, 0.2) is 0 Å². The number of nitrogens with zero attached hydrogens (tertiary/aromatic N) is 2. The molecular weight excluding hydrogens is 227 g/mol. The standard InChI is InChI=1S/C11H9FN2O3/c1-6-4-7(2-3-8(6)12)11-14-13-9(17-11)5-10(15)16/h2-4H,5H2,1H3,(H,15,16). The van der Waals surface area contributed by atoms with E-state index in [9.17, 15) is 9.18 Å². The van der Waals surface area contributed by atoms with Crippen molar-refractivity contribution >= 4 is 5.97 Å². The molecule has 0 unspecified atom stereocenters. The summed E-state index contributed by atoms with van der Waals surface area (Å²) in [5.41, 5.74) is 1.02. The van der Waals surface area contributed by atoms with Gasteiger partial charge >= 0.3 is 5.97 Å². The van der Waals surface area contributed by atoms with Crippen molar-refractivity contribution in [2.75, 3.05) is 0 Å². The Labute approximate surface area is 95.9 Å². The lowest BCUT2D eigenvalue weighted by Crippen LogP contribution is -1.99. The van der Waals surface area contributed by atoms with Crippen LogP contribution in [0.15, 0.2) is 22.6 Å². The lowest BCUT2D eigenvalue weighted by molar-refractivity contribution is -0.136. The van der Waals surface area contributed by atoms with Crippen LogP contribution in [0.4, 0.5) is 4.39 Å². The number of benzene rings is 1. The molecule has 0 bridgehead atoms. The van der Waals surface area contributed by atoms with Gasteiger partial charge in [-0.2, -0.15) is 0 Å². The Bertz CT molecular complexity index is 566. The number of aryl methyl sites for hydroxylation is 1. The van der Waals surface area contributed by atoms with Crippen LogP contribution in [-0.4, -0.2) is 21.3 Å². The van der Waals surface area contributed by atoms with Crippen LogP contribution in [0.5, 0.6) is 0 Å². The molecule has 1 aromatic carbocycles. The van der Waals surface area contributed by atoms with Crippen molar-refractivity contribution < 1.29 is 18.7 Å². The summed E-state index contributed by atoms with van der Waals surface area (Å²) in [7, 11) is 0. The highest BCUT2D eigenvalue weighted by Crippen LogP contribution is 2.20. The molecule has 0 amide bonds. The van der Waals surface area contributed by atoms with Crippen molar-refractivity contribution in [1.82, 2.24) is 10.2 Å². The second-order valence-electron chi connectivity index (χ2n) is 3.54. The first kappa shape index (κ1) is 11.3. The summed E-state index contributed by atoms with van der Waals surface area (Å²) in [6, 6.07) is 4.36. The van der Waals surface area contributed by atoms with E-state index in [4.69, 9.17) is 9.52 Å². The number of halogens is 1. The van der Waals surface area contributed by atoms with Gasteiger partial charge in [-0.1, -0.05) is 0 Å². The van der Waals surface area contributed by atoms with Gasteiger partial charge in [-0.15, -0.1) is 10.2 Å². The minimum absolute atomic E-state index is 0.0227. The van der Waals surface area contributed by atoms with E-state index in [0.29, 0.717) is 11.1 Å². The van der Waals surface area contributed by atoms with Crippen molar-refractivity contribution in [3.63, 3.8) is 0 Å². The Morgan fingerprint density at radius 1 is 1.47 bits per heavy atom. The highest BCUT2D eigenvalue weighted by atomic mass is 19.1. The number of aromatic nitrogens is 2. The Morgan fingerprint density at radius 2 is 2.24 bits per heavy atom. The summed E-state index contributed by atoms with van der Waals surface area (Å²) in [4.78, 5) is 10.4. The lowest BCUT2D eigenvalue weighted by atomic mass is 10.1. The maximum atomic E-state index is 13.0.